The minimum atomic E-state index is -0.774. The molecular weight excluding hydrogens is 925 g/mol. The topological polar surface area (TPSA) is 78.9 Å². The van der Waals surface area contributed by atoms with Crippen LogP contribution in [0.5, 0.6) is 0 Å². The van der Waals surface area contributed by atoms with E-state index in [-0.39, 0.29) is 31.1 Å². The largest absolute Gasteiger partial charge is 0.462 e. The Morgan fingerprint density at radius 1 is 0.267 bits per heavy atom. The summed E-state index contributed by atoms with van der Waals surface area (Å²) in [5, 5.41) is 0. The molecule has 0 heterocycles. The van der Waals surface area contributed by atoms with Crippen molar-refractivity contribution < 1.29 is 28.6 Å². The summed E-state index contributed by atoms with van der Waals surface area (Å²) in [6, 6.07) is 0. The van der Waals surface area contributed by atoms with Crippen LogP contribution in [-0.4, -0.2) is 37.2 Å². The molecule has 0 N–H and O–H groups in total. The Morgan fingerprint density at radius 3 is 0.773 bits per heavy atom. The van der Waals surface area contributed by atoms with Crippen LogP contribution in [0.4, 0.5) is 0 Å². The first-order valence-electron chi connectivity index (χ1n) is 32.8. The molecule has 0 aliphatic rings. The standard InChI is InChI=1S/C69H124O6/c1-4-7-10-13-16-18-20-22-24-26-27-28-29-30-31-32-33-34-35-36-37-38-39-40-41-43-44-46-48-50-53-56-59-62-68(71)74-65-66(64-73-67(70)61-58-55-52-15-12-9-6-3)75-69(72)63-60-57-54-51-49-47-45-42-25-23-21-19-17-14-11-8-5-2/h17,19-20,22-23,25-27,29-30,66H,4-16,18,21,24,28,31-65H2,1-3H3/b19-17-,22-20-,25-23-,27-26-,30-29-. The zero-order valence-corrected chi connectivity index (χ0v) is 50.1. The van der Waals surface area contributed by atoms with Gasteiger partial charge in [0, 0.05) is 19.3 Å². The van der Waals surface area contributed by atoms with Gasteiger partial charge >= 0.3 is 17.9 Å². The average Bonchev–Trinajstić information content (AvgIpc) is 3.41. The van der Waals surface area contributed by atoms with Gasteiger partial charge in [-0.05, 0) is 89.9 Å². The number of unbranched alkanes of at least 4 members (excludes halogenated alkanes) is 39. The minimum absolute atomic E-state index is 0.0736. The third kappa shape index (κ3) is 61.8. The second-order valence-corrected chi connectivity index (χ2v) is 22.0. The van der Waals surface area contributed by atoms with Crippen LogP contribution < -0.4 is 0 Å². The second-order valence-electron chi connectivity index (χ2n) is 22.0. The van der Waals surface area contributed by atoms with E-state index >= 15 is 0 Å². The van der Waals surface area contributed by atoms with Crippen LogP contribution in [0.15, 0.2) is 60.8 Å². The fourth-order valence-corrected chi connectivity index (χ4v) is 9.54. The average molecular weight is 1050 g/mol. The number of hydrogen-bond acceptors (Lipinski definition) is 6. The lowest BCUT2D eigenvalue weighted by Crippen LogP contribution is -2.30. The van der Waals surface area contributed by atoms with E-state index < -0.39 is 6.10 Å². The van der Waals surface area contributed by atoms with Crippen molar-refractivity contribution in [2.75, 3.05) is 13.2 Å². The SMILES string of the molecule is CCCCC/C=C\C/C=C\CCCCCCCCCC(=O)OC(COC(=O)CCCCCCCCC)COC(=O)CCCCCCCCCCCCCCCCCCCC/C=C\C/C=C\C/C=C\CCCCCCC. The summed E-state index contributed by atoms with van der Waals surface area (Å²) in [5.74, 6) is -0.873. The van der Waals surface area contributed by atoms with Gasteiger partial charge in [-0.15, -0.1) is 0 Å². The van der Waals surface area contributed by atoms with Crippen molar-refractivity contribution in [2.24, 2.45) is 0 Å². The molecule has 0 aromatic rings. The monoisotopic (exact) mass is 1050 g/mol. The van der Waals surface area contributed by atoms with Crippen LogP contribution in [0.1, 0.15) is 342 Å². The van der Waals surface area contributed by atoms with Crippen LogP contribution in [0.2, 0.25) is 0 Å². The zero-order valence-electron chi connectivity index (χ0n) is 50.1. The van der Waals surface area contributed by atoms with Crippen molar-refractivity contribution in [1.29, 1.82) is 0 Å². The number of allylic oxidation sites excluding steroid dienone is 10. The molecule has 0 fully saturated rings. The minimum Gasteiger partial charge on any atom is -0.462 e. The molecule has 0 amide bonds. The van der Waals surface area contributed by atoms with Gasteiger partial charge in [-0.2, -0.15) is 0 Å². The molecule has 1 atom stereocenters. The molecule has 0 aliphatic heterocycles. The number of carbonyl (C=O) groups is 3. The molecule has 0 aromatic heterocycles. The van der Waals surface area contributed by atoms with Gasteiger partial charge in [-0.3, -0.25) is 14.4 Å². The highest BCUT2D eigenvalue weighted by Gasteiger charge is 2.19. The van der Waals surface area contributed by atoms with E-state index in [1.807, 2.05) is 0 Å². The highest BCUT2D eigenvalue weighted by Crippen LogP contribution is 2.17. The van der Waals surface area contributed by atoms with Crippen molar-refractivity contribution in [3.8, 4) is 0 Å². The zero-order chi connectivity index (χ0) is 54.3. The molecule has 0 spiro atoms. The van der Waals surface area contributed by atoms with E-state index in [2.05, 4.69) is 81.5 Å². The molecule has 1 unspecified atom stereocenters. The van der Waals surface area contributed by atoms with Crippen molar-refractivity contribution in [1.82, 2.24) is 0 Å². The fourth-order valence-electron chi connectivity index (χ4n) is 9.54. The lowest BCUT2D eigenvalue weighted by molar-refractivity contribution is -0.167. The molecule has 6 nitrogen and oxygen atoms in total. The van der Waals surface area contributed by atoms with E-state index in [4.69, 9.17) is 14.2 Å². The predicted octanol–water partition coefficient (Wildman–Crippen LogP) is 22.3. The number of esters is 3. The van der Waals surface area contributed by atoms with Crippen molar-refractivity contribution in [2.45, 2.75) is 348 Å². The first-order chi connectivity index (χ1) is 37.0. The van der Waals surface area contributed by atoms with E-state index in [0.717, 1.165) is 83.5 Å². The number of carbonyl (C=O) groups excluding carboxylic acids is 3. The van der Waals surface area contributed by atoms with Gasteiger partial charge in [0.2, 0.25) is 0 Å². The van der Waals surface area contributed by atoms with E-state index in [1.54, 1.807) is 0 Å². The van der Waals surface area contributed by atoms with Gasteiger partial charge in [-0.25, -0.2) is 0 Å². The summed E-state index contributed by atoms with van der Waals surface area (Å²) >= 11 is 0. The Bertz CT molecular complexity index is 1340. The first kappa shape index (κ1) is 72.1. The number of ether oxygens (including phenoxy) is 3. The van der Waals surface area contributed by atoms with E-state index in [1.165, 1.54) is 218 Å². The van der Waals surface area contributed by atoms with Crippen LogP contribution in [-0.2, 0) is 28.6 Å². The molecule has 6 heteroatoms. The third-order valence-electron chi connectivity index (χ3n) is 14.5. The van der Waals surface area contributed by atoms with Crippen LogP contribution in [0, 0.1) is 0 Å². The lowest BCUT2D eigenvalue weighted by Gasteiger charge is -2.18. The lowest BCUT2D eigenvalue weighted by atomic mass is 10.0. The molecule has 436 valence electrons. The Morgan fingerprint density at radius 2 is 0.480 bits per heavy atom. The number of rotatable bonds is 60. The second kappa shape index (κ2) is 63.6. The van der Waals surface area contributed by atoms with Gasteiger partial charge in [0.25, 0.3) is 0 Å². The summed E-state index contributed by atoms with van der Waals surface area (Å²) in [7, 11) is 0. The summed E-state index contributed by atoms with van der Waals surface area (Å²) in [6.07, 6.45) is 81.3. The van der Waals surface area contributed by atoms with Crippen molar-refractivity contribution in [3.05, 3.63) is 60.8 Å². The third-order valence-corrected chi connectivity index (χ3v) is 14.5. The van der Waals surface area contributed by atoms with Gasteiger partial charge in [0.15, 0.2) is 6.10 Å². The van der Waals surface area contributed by atoms with Gasteiger partial charge < -0.3 is 14.2 Å². The summed E-state index contributed by atoms with van der Waals surface area (Å²) in [5.41, 5.74) is 0. The molecule has 0 aromatic carbocycles. The van der Waals surface area contributed by atoms with Gasteiger partial charge in [0.05, 0.1) is 0 Å². The van der Waals surface area contributed by atoms with Crippen LogP contribution >= 0.6 is 0 Å². The normalized spacial score (nSPS) is 12.4. The molecule has 0 bridgehead atoms. The van der Waals surface area contributed by atoms with Gasteiger partial charge in [0.1, 0.15) is 13.2 Å². The Hall–Kier alpha value is -2.89. The summed E-state index contributed by atoms with van der Waals surface area (Å²) < 4.78 is 16.8. The molecular formula is C69H124O6. The maximum Gasteiger partial charge on any atom is 0.306 e. The van der Waals surface area contributed by atoms with Crippen LogP contribution in [0.3, 0.4) is 0 Å². The molecule has 0 saturated carbocycles. The summed E-state index contributed by atoms with van der Waals surface area (Å²) in [4.78, 5) is 38.0. The highest BCUT2D eigenvalue weighted by atomic mass is 16.6. The van der Waals surface area contributed by atoms with Gasteiger partial charge in [-0.1, -0.05) is 293 Å². The fraction of sp³-hybridized carbons (Fsp3) is 0.812. The summed E-state index contributed by atoms with van der Waals surface area (Å²) in [6.45, 7) is 6.59. The quantitative estimate of drug-likeness (QED) is 0.0261. The Balaban J connectivity index is 4.00. The molecule has 0 saturated heterocycles. The molecule has 75 heavy (non-hydrogen) atoms. The maximum atomic E-state index is 12.8. The van der Waals surface area contributed by atoms with Crippen molar-refractivity contribution in [3.63, 3.8) is 0 Å². The Labute approximate surface area is 466 Å². The van der Waals surface area contributed by atoms with E-state index in [0.29, 0.717) is 19.3 Å². The number of hydrogen-bond donors (Lipinski definition) is 0. The molecule has 0 radical (unpaired) electrons. The molecule has 0 aliphatic carbocycles. The smallest absolute Gasteiger partial charge is 0.306 e. The predicted molar refractivity (Wildman–Crippen MR) is 325 cm³/mol. The first-order valence-corrected chi connectivity index (χ1v) is 32.8. The highest BCUT2D eigenvalue weighted by molar-refractivity contribution is 5.71. The van der Waals surface area contributed by atoms with Crippen LogP contribution in [0.25, 0.3) is 0 Å². The van der Waals surface area contributed by atoms with E-state index in [9.17, 15) is 14.4 Å². The Kier molecular flexibility index (Phi) is 61.2. The van der Waals surface area contributed by atoms with Crippen molar-refractivity contribution >= 4 is 17.9 Å². The maximum absolute atomic E-state index is 12.8. The molecule has 0 rings (SSSR count).